The summed E-state index contributed by atoms with van der Waals surface area (Å²) in [6.07, 6.45) is 2.34. The van der Waals surface area contributed by atoms with E-state index in [2.05, 4.69) is 20.6 Å². The van der Waals surface area contributed by atoms with Crippen LogP contribution in [0.1, 0.15) is 36.0 Å². The zero-order chi connectivity index (χ0) is 18.7. The maximum absolute atomic E-state index is 12.3. The highest BCUT2D eigenvalue weighted by atomic mass is 32.2. The number of aromatic nitrogens is 2. The van der Waals surface area contributed by atoms with Crippen molar-refractivity contribution in [3.8, 4) is 0 Å². The summed E-state index contributed by atoms with van der Waals surface area (Å²) in [7, 11) is 0. The smallest absolute Gasteiger partial charge is 0.259 e. The molecule has 2 atom stereocenters. The predicted molar refractivity (Wildman–Crippen MR) is 109 cm³/mol. The molecule has 1 fully saturated rings. The van der Waals surface area contributed by atoms with E-state index in [9.17, 15) is 9.59 Å². The molecule has 2 aromatic rings. The minimum atomic E-state index is -0.181. The lowest BCUT2D eigenvalue weighted by atomic mass is 10.00. The number of thioether (sulfide) groups is 1. The first-order valence-electron chi connectivity index (χ1n) is 9.04. The molecule has 3 heterocycles. The second kappa shape index (κ2) is 8.54. The van der Waals surface area contributed by atoms with Crippen molar-refractivity contribution in [2.45, 2.75) is 44.6 Å². The van der Waals surface area contributed by atoms with E-state index in [0.717, 1.165) is 34.9 Å². The molecule has 2 unspecified atom stereocenters. The van der Waals surface area contributed by atoms with Crippen molar-refractivity contribution >= 4 is 39.2 Å². The third-order valence-corrected chi connectivity index (χ3v) is 7.15. The van der Waals surface area contributed by atoms with Crippen LogP contribution < -0.4 is 16.2 Å². The predicted octanol–water partition coefficient (Wildman–Crippen LogP) is 2.34. The monoisotopic (exact) mass is 394 g/mol. The number of thiophene rings is 1. The molecule has 6 nitrogen and oxygen atoms in total. The lowest BCUT2D eigenvalue weighted by Gasteiger charge is -2.23. The van der Waals surface area contributed by atoms with Gasteiger partial charge in [-0.25, -0.2) is 4.98 Å². The van der Waals surface area contributed by atoms with Crippen molar-refractivity contribution < 1.29 is 4.79 Å². The molecule has 1 aliphatic rings. The Bertz CT molecular complexity index is 840. The van der Waals surface area contributed by atoms with Gasteiger partial charge in [-0.3, -0.25) is 9.59 Å². The highest BCUT2D eigenvalue weighted by molar-refractivity contribution is 7.99. The van der Waals surface area contributed by atoms with Gasteiger partial charge < -0.3 is 15.6 Å². The van der Waals surface area contributed by atoms with Gasteiger partial charge in [0.25, 0.3) is 5.56 Å². The Labute approximate surface area is 161 Å². The standard InChI is InChI=1S/C18H26N4O2S2/c1-10-11(2)26-18-15(10)17(24)21-14(22-18)9-25-12(3)16(23)20-8-13-5-4-6-19-7-13/h12-13,19H,4-9H2,1-3H3,(H,20,23)(H,21,22,24). The first kappa shape index (κ1) is 19.4. The van der Waals surface area contributed by atoms with Crippen LogP contribution in [0.4, 0.5) is 0 Å². The molecule has 2 aromatic heterocycles. The fourth-order valence-corrected chi connectivity index (χ4v) is 4.96. The quantitative estimate of drug-likeness (QED) is 0.700. The Balaban J connectivity index is 1.55. The van der Waals surface area contributed by atoms with Crippen LogP contribution in [0.15, 0.2) is 4.79 Å². The minimum absolute atomic E-state index is 0.0480. The van der Waals surface area contributed by atoms with Crippen molar-refractivity contribution in [1.82, 2.24) is 20.6 Å². The SMILES string of the molecule is Cc1sc2nc(CSC(C)C(=O)NCC3CCCNC3)[nH]c(=O)c2c1C. The minimum Gasteiger partial charge on any atom is -0.355 e. The molecule has 1 saturated heterocycles. The van der Waals surface area contributed by atoms with E-state index in [1.165, 1.54) is 24.6 Å². The van der Waals surface area contributed by atoms with Crippen molar-refractivity contribution in [1.29, 1.82) is 0 Å². The number of rotatable bonds is 6. The number of H-pyrrole nitrogens is 1. The lowest BCUT2D eigenvalue weighted by molar-refractivity contribution is -0.120. The number of aromatic amines is 1. The van der Waals surface area contributed by atoms with Crippen molar-refractivity contribution in [3.63, 3.8) is 0 Å². The summed E-state index contributed by atoms with van der Waals surface area (Å²) in [6, 6.07) is 0. The van der Waals surface area contributed by atoms with Crippen molar-refractivity contribution in [3.05, 3.63) is 26.6 Å². The van der Waals surface area contributed by atoms with Gasteiger partial charge in [-0.2, -0.15) is 0 Å². The Morgan fingerprint density at radius 3 is 3.00 bits per heavy atom. The molecular formula is C18H26N4O2S2. The number of piperidine rings is 1. The van der Waals surface area contributed by atoms with Crippen LogP contribution in [0, 0.1) is 19.8 Å². The molecule has 3 rings (SSSR count). The summed E-state index contributed by atoms with van der Waals surface area (Å²) < 4.78 is 0. The molecule has 8 heteroatoms. The van der Waals surface area contributed by atoms with Crippen molar-refractivity contribution in [2.24, 2.45) is 5.92 Å². The summed E-state index contributed by atoms with van der Waals surface area (Å²) in [5.74, 6) is 1.72. The van der Waals surface area contributed by atoms with Crippen LogP contribution in [0.5, 0.6) is 0 Å². The van der Waals surface area contributed by atoms with E-state index in [0.29, 0.717) is 22.9 Å². The van der Waals surface area contributed by atoms with Gasteiger partial charge in [0, 0.05) is 11.4 Å². The summed E-state index contributed by atoms with van der Waals surface area (Å²) in [6.45, 7) is 8.64. The van der Waals surface area contributed by atoms with E-state index < -0.39 is 0 Å². The number of amides is 1. The Kier molecular flexibility index (Phi) is 6.37. The highest BCUT2D eigenvalue weighted by Crippen LogP contribution is 2.26. The van der Waals surface area contributed by atoms with Gasteiger partial charge in [-0.15, -0.1) is 23.1 Å². The lowest BCUT2D eigenvalue weighted by Crippen LogP contribution is -2.40. The number of hydrogen-bond acceptors (Lipinski definition) is 6. The van der Waals surface area contributed by atoms with Gasteiger partial charge in [0.15, 0.2) is 0 Å². The largest absolute Gasteiger partial charge is 0.355 e. The Hall–Kier alpha value is -1.38. The number of nitrogens with zero attached hydrogens (tertiary/aromatic N) is 1. The number of hydrogen-bond donors (Lipinski definition) is 3. The van der Waals surface area contributed by atoms with Crippen LogP contribution >= 0.6 is 23.1 Å². The molecule has 0 aromatic carbocycles. The fraction of sp³-hybridized carbons (Fsp3) is 0.611. The molecule has 0 spiro atoms. The average molecular weight is 395 g/mol. The zero-order valence-electron chi connectivity index (χ0n) is 15.5. The maximum atomic E-state index is 12.3. The van der Waals surface area contributed by atoms with E-state index in [1.807, 2.05) is 20.8 Å². The third-order valence-electron chi connectivity index (χ3n) is 4.89. The van der Waals surface area contributed by atoms with Gasteiger partial charge in [0.05, 0.1) is 16.4 Å². The first-order chi connectivity index (χ1) is 12.5. The molecule has 0 aliphatic carbocycles. The Morgan fingerprint density at radius 1 is 1.46 bits per heavy atom. The Morgan fingerprint density at radius 2 is 2.27 bits per heavy atom. The second-order valence-electron chi connectivity index (χ2n) is 6.89. The summed E-state index contributed by atoms with van der Waals surface area (Å²) in [5, 5.41) is 6.92. The molecule has 3 N–H and O–H groups in total. The topological polar surface area (TPSA) is 86.9 Å². The molecule has 0 radical (unpaired) electrons. The van der Waals surface area contributed by atoms with Crippen LogP contribution in [0.25, 0.3) is 10.2 Å². The van der Waals surface area contributed by atoms with Crippen LogP contribution in [-0.4, -0.2) is 40.8 Å². The molecule has 26 heavy (non-hydrogen) atoms. The van der Waals surface area contributed by atoms with Gasteiger partial charge >= 0.3 is 0 Å². The number of aryl methyl sites for hydroxylation is 2. The summed E-state index contributed by atoms with van der Waals surface area (Å²) in [4.78, 5) is 33.9. The zero-order valence-corrected chi connectivity index (χ0v) is 17.1. The van der Waals surface area contributed by atoms with Gasteiger partial charge in [-0.1, -0.05) is 0 Å². The molecule has 1 amide bonds. The molecule has 142 valence electrons. The third kappa shape index (κ3) is 4.47. The van der Waals surface area contributed by atoms with Crippen LogP contribution in [0.3, 0.4) is 0 Å². The molecular weight excluding hydrogens is 368 g/mol. The fourth-order valence-electron chi connectivity index (χ4n) is 3.13. The molecule has 1 aliphatic heterocycles. The van der Waals surface area contributed by atoms with Gasteiger partial charge in [-0.05, 0) is 58.2 Å². The molecule has 0 saturated carbocycles. The average Bonchev–Trinajstić information content (AvgIpc) is 2.92. The first-order valence-corrected chi connectivity index (χ1v) is 10.9. The van der Waals surface area contributed by atoms with E-state index in [-0.39, 0.29) is 16.7 Å². The molecule has 0 bridgehead atoms. The number of nitrogens with one attached hydrogen (secondary N) is 3. The second-order valence-corrected chi connectivity index (χ2v) is 9.42. The normalized spacial score (nSPS) is 18.8. The van der Waals surface area contributed by atoms with E-state index >= 15 is 0 Å². The van der Waals surface area contributed by atoms with E-state index in [4.69, 9.17) is 0 Å². The van der Waals surface area contributed by atoms with Gasteiger partial charge in [0.2, 0.25) is 5.91 Å². The highest BCUT2D eigenvalue weighted by Gasteiger charge is 2.18. The summed E-state index contributed by atoms with van der Waals surface area (Å²) >= 11 is 3.04. The van der Waals surface area contributed by atoms with Crippen molar-refractivity contribution in [2.75, 3.05) is 19.6 Å². The number of fused-ring (bicyclic) bond motifs is 1. The summed E-state index contributed by atoms with van der Waals surface area (Å²) in [5.41, 5.74) is 0.914. The van der Waals surface area contributed by atoms with E-state index in [1.54, 1.807) is 11.3 Å². The van der Waals surface area contributed by atoms with Crippen LogP contribution in [-0.2, 0) is 10.5 Å². The number of carbonyl (C=O) groups excluding carboxylic acids is 1. The van der Waals surface area contributed by atoms with Gasteiger partial charge in [0.1, 0.15) is 10.7 Å². The maximum Gasteiger partial charge on any atom is 0.259 e. The number of carbonyl (C=O) groups is 1. The van der Waals surface area contributed by atoms with Crippen LogP contribution in [0.2, 0.25) is 0 Å².